The molecule has 1 fully saturated rings. The molecule has 1 aliphatic heterocycles. The number of hydrogen-bond acceptors (Lipinski definition) is 8. The molecular weight excluding hydrogens is 222 g/mol. The number of ether oxygens (including phenoxy) is 2. The van der Waals surface area contributed by atoms with E-state index in [4.69, 9.17) is 10.8 Å². The molecule has 3 atom stereocenters. The van der Waals surface area contributed by atoms with Crippen molar-refractivity contribution in [2.45, 2.75) is 31.0 Å². The van der Waals surface area contributed by atoms with Crippen LogP contribution < -0.4 is 5.73 Å². The summed E-state index contributed by atoms with van der Waals surface area (Å²) in [5, 5.41) is 27.4. The van der Waals surface area contributed by atoms with Crippen molar-refractivity contribution >= 4 is 11.9 Å². The number of aliphatic hydroxyl groups is 3. The Morgan fingerprint density at radius 3 is 2.69 bits per heavy atom. The highest BCUT2D eigenvalue weighted by molar-refractivity contribution is 5.78. The minimum absolute atomic E-state index is 0.0168. The van der Waals surface area contributed by atoms with Gasteiger partial charge in [0, 0.05) is 6.42 Å². The van der Waals surface area contributed by atoms with E-state index in [0.717, 1.165) is 0 Å². The SMILES string of the molecule is NC1CCC(=O)OC(O)(C(O)CO)OC1=O. The van der Waals surface area contributed by atoms with Gasteiger partial charge in [0.15, 0.2) is 6.10 Å². The molecule has 0 radical (unpaired) electrons. The number of cyclic esters (lactones) is 2. The van der Waals surface area contributed by atoms with Gasteiger partial charge in [0.2, 0.25) is 0 Å². The van der Waals surface area contributed by atoms with E-state index >= 15 is 0 Å². The zero-order chi connectivity index (χ0) is 12.3. The second kappa shape index (κ2) is 4.74. The first kappa shape index (κ1) is 12.8. The van der Waals surface area contributed by atoms with Crippen LogP contribution in [0.25, 0.3) is 0 Å². The molecule has 1 aliphatic rings. The summed E-state index contributed by atoms with van der Waals surface area (Å²) in [5.74, 6) is -4.80. The lowest BCUT2D eigenvalue weighted by Gasteiger charge is -2.32. The molecule has 92 valence electrons. The molecule has 1 saturated heterocycles. The van der Waals surface area contributed by atoms with Gasteiger partial charge in [-0.3, -0.25) is 9.59 Å². The molecule has 0 aromatic carbocycles. The summed E-state index contributed by atoms with van der Waals surface area (Å²) in [6.07, 6.45) is -2.13. The van der Waals surface area contributed by atoms with Crippen LogP contribution in [0.3, 0.4) is 0 Å². The second-order valence-corrected chi connectivity index (χ2v) is 3.37. The van der Waals surface area contributed by atoms with Crippen LogP contribution in [0, 0.1) is 0 Å². The summed E-state index contributed by atoms with van der Waals surface area (Å²) in [7, 11) is 0. The molecule has 8 nitrogen and oxygen atoms in total. The second-order valence-electron chi connectivity index (χ2n) is 3.37. The van der Waals surface area contributed by atoms with Crippen molar-refractivity contribution in [2.75, 3.05) is 6.61 Å². The van der Waals surface area contributed by atoms with Crippen LogP contribution in [-0.4, -0.2) is 52.0 Å². The number of esters is 2. The van der Waals surface area contributed by atoms with Crippen LogP contribution in [0.5, 0.6) is 0 Å². The molecule has 16 heavy (non-hydrogen) atoms. The highest BCUT2D eigenvalue weighted by atomic mass is 16.8. The first-order valence-corrected chi connectivity index (χ1v) is 4.60. The van der Waals surface area contributed by atoms with Crippen molar-refractivity contribution in [3.05, 3.63) is 0 Å². The third kappa shape index (κ3) is 2.67. The van der Waals surface area contributed by atoms with E-state index in [1.54, 1.807) is 0 Å². The molecule has 3 unspecified atom stereocenters. The fraction of sp³-hybridized carbons (Fsp3) is 0.750. The summed E-state index contributed by atoms with van der Waals surface area (Å²) < 4.78 is 8.71. The predicted octanol–water partition coefficient (Wildman–Crippen LogP) is -2.81. The number of hydrogen-bond donors (Lipinski definition) is 4. The van der Waals surface area contributed by atoms with Crippen molar-refractivity contribution in [3.8, 4) is 0 Å². The zero-order valence-electron chi connectivity index (χ0n) is 8.33. The van der Waals surface area contributed by atoms with Gasteiger partial charge in [-0.2, -0.15) is 0 Å². The van der Waals surface area contributed by atoms with Crippen LogP contribution in [0.15, 0.2) is 0 Å². The maximum absolute atomic E-state index is 11.2. The van der Waals surface area contributed by atoms with Crippen molar-refractivity contribution < 1.29 is 34.4 Å². The number of carbonyl (C=O) groups is 2. The lowest BCUT2D eigenvalue weighted by atomic mass is 10.1. The Morgan fingerprint density at radius 2 is 2.12 bits per heavy atom. The summed E-state index contributed by atoms with van der Waals surface area (Å²) in [5.41, 5.74) is 5.34. The van der Waals surface area contributed by atoms with Crippen LogP contribution in [0.4, 0.5) is 0 Å². The van der Waals surface area contributed by atoms with Gasteiger partial charge in [-0.1, -0.05) is 0 Å². The Balaban J connectivity index is 2.88. The van der Waals surface area contributed by atoms with Crippen molar-refractivity contribution in [2.24, 2.45) is 5.73 Å². The first-order valence-electron chi connectivity index (χ1n) is 4.60. The number of rotatable bonds is 2. The van der Waals surface area contributed by atoms with Gasteiger partial charge in [-0.25, -0.2) is 0 Å². The summed E-state index contributed by atoms with van der Waals surface area (Å²) >= 11 is 0. The molecule has 0 amide bonds. The van der Waals surface area contributed by atoms with Crippen molar-refractivity contribution in [1.82, 2.24) is 0 Å². The molecule has 5 N–H and O–H groups in total. The third-order valence-corrected chi connectivity index (χ3v) is 2.06. The standard InChI is InChI=1S/C8H13NO7/c9-4-1-2-6(12)15-8(14,5(11)3-10)16-7(4)13/h4-5,10-11,14H,1-3,9H2. The Kier molecular flexibility index (Phi) is 3.81. The van der Waals surface area contributed by atoms with E-state index in [-0.39, 0.29) is 12.8 Å². The van der Waals surface area contributed by atoms with Crippen LogP contribution in [0.1, 0.15) is 12.8 Å². The lowest BCUT2D eigenvalue weighted by Crippen LogP contribution is -2.55. The highest BCUT2D eigenvalue weighted by Crippen LogP contribution is 2.20. The smallest absolute Gasteiger partial charge is 0.396 e. The third-order valence-electron chi connectivity index (χ3n) is 2.06. The molecule has 0 aromatic rings. The van der Waals surface area contributed by atoms with Gasteiger partial charge in [-0.05, 0) is 6.42 Å². The van der Waals surface area contributed by atoms with E-state index in [1.807, 2.05) is 0 Å². The molecule has 0 spiro atoms. The van der Waals surface area contributed by atoms with E-state index in [0.29, 0.717) is 0 Å². The first-order chi connectivity index (χ1) is 7.39. The molecule has 0 aromatic heterocycles. The zero-order valence-corrected chi connectivity index (χ0v) is 8.33. The minimum atomic E-state index is -2.89. The van der Waals surface area contributed by atoms with Gasteiger partial charge in [0.25, 0.3) is 0 Å². The Bertz CT molecular complexity index is 294. The van der Waals surface area contributed by atoms with Gasteiger partial charge in [0.1, 0.15) is 6.04 Å². The average molecular weight is 235 g/mol. The average Bonchev–Trinajstić information content (AvgIpc) is 2.22. The van der Waals surface area contributed by atoms with Crippen LogP contribution >= 0.6 is 0 Å². The lowest BCUT2D eigenvalue weighted by molar-refractivity contribution is -0.365. The maximum atomic E-state index is 11.2. The van der Waals surface area contributed by atoms with Crippen molar-refractivity contribution in [3.63, 3.8) is 0 Å². The molecule has 8 heteroatoms. The number of nitrogens with two attached hydrogens (primary N) is 1. The topological polar surface area (TPSA) is 139 Å². The van der Waals surface area contributed by atoms with Gasteiger partial charge >= 0.3 is 17.9 Å². The quantitative estimate of drug-likeness (QED) is 0.376. The number of aliphatic hydroxyl groups excluding tert-OH is 2. The summed E-state index contributed by atoms with van der Waals surface area (Å²) in [6, 6.07) is -1.09. The monoisotopic (exact) mass is 235 g/mol. The van der Waals surface area contributed by atoms with Crippen LogP contribution in [0.2, 0.25) is 0 Å². The largest absolute Gasteiger partial charge is 0.403 e. The maximum Gasteiger partial charge on any atom is 0.403 e. The Morgan fingerprint density at radius 1 is 1.50 bits per heavy atom. The van der Waals surface area contributed by atoms with Crippen molar-refractivity contribution in [1.29, 1.82) is 0 Å². The van der Waals surface area contributed by atoms with E-state index < -0.39 is 36.7 Å². The highest BCUT2D eigenvalue weighted by Gasteiger charge is 2.46. The summed E-state index contributed by atoms with van der Waals surface area (Å²) in [4.78, 5) is 22.3. The molecular formula is C8H13NO7. The fourth-order valence-electron chi connectivity index (χ4n) is 1.10. The van der Waals surface area contributed by atoms with E-state index in [2.05, 4.69) is 9.47 Å². The molecule has 1 rings (SSSR count). The number of carbonyl (C=O) groups excluding carboxylic acids is 2. The minimum Gasteiger partial charge on any atom is -0.396 e. The normalized spacial score (nSPS) is 33.4. The van der Waals surface area contributed by atoms with E-state index in [1.165, 1.54) is 0 Å². The fourth-order valence-corrected chi connectivity index (χ4v) is 1.10. The van der Waals surface area contributed by atoms with Gasteiger partial charge in [0.05, 0.1) is 6.61 Å². The van der Waals surface area contributed by atoms with Gasteiger partial charge < -0.3 is 30.5 Å². The van der Waals surface area contributed by atoms with E-state index in [9.17, 15) is 19.8 Å². The predicted molar refractivity (Wildman–Crippen MR) is 47.4 cm³/mol. The Labute approximate surface area is 90.6 Å². The Hall–Kier alpha value is -1.22. The molecule has 0 saturated carbocycles. The molecule has 0 aliphatic carbocycles. The molecule has 1 heterocycles. The van der Waals surface area contributed by atoms with Gasteiger partial charge in [-0.15, -0.1) is 0 Å². The summed E-state index contributed by atoms with van der Waals surface area (Å²) in [6.45, 7) is -0.952. The van der Waals surface area contributed by atoms with Crippen LogP contribution in [-0.2, 0) is 19.1 Å². The molecule has 0 bridgehead atoms.